The van der Waals surface area contributed by atoms with E-state index in [0.717, 1.165) is 4.90 Å². The van der Waals surface area contributed by atoms with Crippen LogP contribution in [-0.2, 0) is 14.4 Å². The number of nitrogens with zero attached hydrogens (tertiary/aromatic N) is 1. The van der Waals surface area contributed by atoms with E-state index < -0.39 is 30.9 Å². The smallest absolute Gasteiger partial charge is 0.323 e. The molecule has 0 heterocycles. The first-order valence-corrected chi connectivity index (χ1v) is 4.79. The fraction of sp³-hybridized carbons (Fsp3) is 0.500. The van der Waals surface area contributed by atoms with Gasteiger partial charge in [-0.1, -0.05) is 6.08 Å². The highest BCUT2D eigenvalue weighted by Crippen LogP contribution is 2.01. The molecule has 6 heteroatoms. The molecule has 0 saturated carbocycles. The Morgan fingerprint density at radius 2 is 1.62 bits per heavy atom. The van der Waals surface area contributed by atoms with E-state index >= 15 is 0 Å². The van der Waals surface area contributed by atoms with Crippen molar-refractivity contribution in [2.24, 2.45) is 0 Å². The van der Waals surface area contributed by atoms with Gasteiger partial charge in [0.15, 0.2) is 0 Å². The van der Waals surface area contributed by atoms with E-state index in [1.54, 1.807) is 6.08 Å². The maximum atomic E-state index is 11.5. The average Bonchev–Trinajstić information content (AvgIpc) is 2.15. The number of hydrogen-bond acceptors (Lipinski definition) is 3. The first-order valence-electron chi connectivity index (χ1n) is 4.79. The summed E-state index contributed by atoms with van der Waals surface area (Å²) >= 11 is 0. The van der Waals surface area contributed by atoms with Crippen LogP contribution in [0.15, 0.2) is 12.7 Å². The topological polar surface area (TPSA) is 94.9 Å². The Balaban J connectivity index is 4.25. The summed E-state index contributed by atoms with van der Waals surface area (Å²) in [5, 5.41) is 17.0. The average molecular weight is 229 g/mol. The number of allylic oxidation sites excluding steroid dienone is 1. The SMILES string of the molecule is C=CCCCC(=O)N(CC(=O)O)CC(=O)O. The van der Waals surface area contributed by atoms with Crippen LogP contribution in [0, 0.1) is 0 Å². The molecule has 6 nitrogen and oxygen atoms in total. The predicted octanol–water partition coefficient (Wildman–Crippen LogP) is 0.341. The van der Waals surface area contributed by atoms with E-state index in [0.29, 0.717) is 12.8 Å². The predicted molar refractivity (Wildman–Crippen MR) is 55.9 cm³/mol. The minimum absolute atomic E-state index is 0.132. The fourth-order valence-electron chi connectivity index (χ4n) is 1.11. The molecule has 0 aromatic rings. The molecule has 0 aliphatic rings. The highest BCUT2D eigenvalue weighted by molar-refractivity contribution is 5.85. The van der Waals surface area contributed by atoms with Gasteiger partial charge in [0.2, 0.25) is 5.91 Å². The van der Waals surface area contributed by atoms with Crippen molar-refractivity contribution in [3.8, 4) is 0 Å². The third kappa shape index (κ3) is 6.58. The van der Waals surface area contributed by atoms with Crippen LogP contribution in [0.3, 0.4) is 0 Å². The second kappa shape index (κ2) is 7.44. The molecule has 1 amide bonds. The zero-order chi connectivity index (χ0) is 12.6. The van der Waals surface area contributed by atoms with Crippen LogP contribution in [0.2, 0.25) is 0 Å². The van der Waals surface area contributed by atoms with Crippen molar-refractivity contribution in [2.75, 3.05) is 13.1 Å². The van der Waals surface area contributed by atoms with Gasteiger partial charge in [0, 0.05) is 6.42 Å². The number of rotatable bonds is 8. The van der Waals surface area contributed by atoms with Crippen molar-refractivity contribution in [3.05, 3.63) is 12.7 Å². The lowest BCUT2D eigenvalue weighted by Crippen LogP contribution is -2.39. The lowest BCUT2D eigenvalue weighted by atomic mass is 10.2. The number of carboxylic acids is 2. The number of carboxylic acid groups (broad SMARTS) is 2. The van der Waals surface area contributed by atoms with Crippen molar-refractivity contribution in [1.82, 2.24) is 4.90 Å². The summed E-state index contributed by atoms with van der Waals surface area (Å²) in [6, 6.07) is 0. The van der Waals surface area contributed by atoms with E-state index in [9.17, 15) is 14.4 Å². The van der Waals surface area contributed by atoms with Crippen molar-refractivity contribution >= 4 is 17.8 Å². The van der Waals surface area contributed by atoms with E-state index in [4.69, 9.17) is 10.2 Å². The van der Waals surface area contributed by atoms with Crippen LogP contribution >= 0.6 is 0 Å². The molecule has 16 heavy (non-hydrogen) atoms. The van der Waals surface area contributed by atoms with Gasteiger partial charge in [-0.05, 0) is 12.8 Å². The molecule has 0 fully saturated rings. The molecule has 0 aromatic carbocycles. The summed E-state index contributed by atoms with van der Waals surface area (Å²) in [7, 11) is 0. The Hall–Kier alpha value is -1.85. The Morgan fingerprint density at radius 3 is 2.00 bits per heavy atom. The fourth-order valence-corrected chi connectivity index (χ4v) is 1.11. The standard InChI is InChI=1S/C10H15NO5/c1-2-3-4-5-8(12)11(6-9(13)14)7-10(15)16/h2H,1,3-7H2,(H,13,14)(H,15,16). The maximum Gasteiger partial charge on any atom is 0.323 e. The Kier molecular flexibility index (Phi) is 6.58. The zero-order valence-electron chi connectivity index (χ0n) is 8.89. The molecule has 90 valence electrons. The molecular formula is C10H15NO5. The van der Waals surface area contributed by atoms with Gasteiger partial charge in [0.1, 0.15) is 13.1 Å². The Morgan fingerprint density at radius 1 is 1.12 bits per heavy atom. The molecule has 0 radical (unpaired) electrons. The van der Waals surface area contributed by atoms with Crippen molar-refractivity contribution in [3.63, 3.8) is 0 Å². The highest BCUT2D eigenvalue weighted by Gasteiger charge is 2.18. The number of amides is 1. The second-order valence-corrected chi connectivity index (χ2v) is 3.22. The lowest BCUT2D eigenvalue weighted by molar-refractivity contribution is -0.149. The third-order valence-corrected chi connectivity index (χ3v) is 1.80. The van der Waals surface area contributed by atoms with Gasteiger partial charge in [-0.15, -0.1) is 6.58 Å². The summed E-state index contributed by atoms with van der Waals surface area (Å²) in [6.45, 7) is 2.32. The first kappa shape index (κ1) is 14.2. The normalized spacial score (nSPS) is 9.50. The van der Waals surface area contributed by atoms with Crippen LogP contribution in [0.4, 0.5) is 0 Å². The molecule has 0 aromatic heterocycles. The highest BCUT2D eigenvalue weighted by atomic mass is 16.4. The number of carbonyl (C=O) groups excluding carboxylic acids is 1. The van der Waals surface area contributed by atoms with Gasteiger partial charge in [0.05, 0.1) is 0 Å². The minimum Gasteiger partial charge on any atom is -0.480 e. The van der Waals surface area contributed by atoms with Crippen molar-refractivity contribution in [1.29, 1.82) is 0 Å². The van der Waals surface area contributed by atoms with Crippen LogP contribution in [-0.4, -0.2) is 46.0 Å². The quantitative estimate of drug-likeness (QED) is 0.462. The summed E-state index contributed by atoms with van der Waals surface area (Å²) in [5.74, 6) is -2.91. The van der Waals surface area contributed by atoms with Gasteiger partial charge < -0.3 is 15.1 Å². The number of unbranched alkanes of at least 4 members (excludes halogenated alkanes) is 1. The van der Waals surface area contributed by atoms with E-state index in [-0.39, 0.29) is 6.42 Å². The largest absolute Gasteiger partial charge is 0.480 e. The molecule has 0 spiro atoms. The molecule has 0 rings (SSSR count). The van der Waals surface area contributed by atoms with E-state index in [1.807, 2.05) is 0 Å². The lowest BCUT2D eigenvalue weighted by Gasteiger charge is -2.18. The van der Waals surface area contributed by atoms with Gasteiger partial charge in [-0.25, -0.2) is 0 Å². The van der Waals surface area contributed by atoms with E-state index in [1.165, 1.54) is 0 Å². The molecular weight excluding hydrogens is 214 g/mol. The summed E-state index contributed by atoms with van der Waals surface area (Å²) in [5.41, 5.74) is 0. The van der Waals surface area contributed by atoms with Crippen LogP contribution in [0.25, 0.3) is 0 Å². The molecule has 0 saturated heterocycles. The van der Waals surface area contributed by atoms with Crippen LogP contribution in [0.5, 0.6) is 0 Å². The van der Waals surface area contributed by atoms with Crippen molar-refractivity contribution in [2.45, 2.75) is 19.3 Å². The van der Waals surface area contributed by atoms with Crippen LogP contribution < -0.4 is 0 Å². The Labute approximate surface area is 93.2 Å². The van der Waals surface area contributed by atoms with Crippen molar-refractivity contribution < 1.29 is 24.6 Å². The summed E-state index contributed by atoms with van der Waals surface area (Å²) in [4.78, 5) is 33.1. The minimum atomic E-state index is -1.22. The zero-order valence-corrected chi connectivity index (χ0v) is 8.89. The van der Waals surface area contributed by atoms with Crippen LogP contribution in [0.1, 0.15) is 19.3 Å². The molecule has 0 aliphatic carbocycles. The maximum absolute atomic E-state index is 11.5. The van der Waals surface area contributed by atoms with Gasteiger partial charge >= 0.3 is 11.9 Å². The molecule has 0 bridgehead atoms. The molecule has 0 unspecified atom stereocenters. The molecule has 2 N–H and O–H groups in total. The van der Waals surface area contributed by atoms with Gasteiger partial charge in [-0.2, -0.15) is 0 Å². The van der Waals surface area contributed by atoms with E-state index in [2.05, 4.69) is 6.58 Å². The first-order chi connectivity index (χ1) is 7.47. The third-order valence-electron chi connectivity index (χ3n) is 1.80. The molecule has 0 aliphatic heterocycles. The Bertz CT molecular complexity index is 271. The van der Waals surface area contributed by atoms with Gasteiger partial charge in [-0.3, -0.25) is 14.4 Å². The monoisotopic (exact) mass is 229 g/mol. The summed E-state index contributed by atoms with van der Waals surface area (Å²) in [6.07, 6.45) is 2.95. The number of aliphatic carboxylic acids is 2. The number of hydrogen-bond donors (Lipinski definition) is 2. The number of carbonyl (C=O) groups is 3. The second-order valence-electron chi connectivity index (χ2n) is 3.22. The molecule has 0 atom stereocenters. The van der Waals surface area contributed by atoms with Gasteiger partial charge in [0.25, 0.3) is 0 Å². The summed E-state index contributed by atoms with van der Waals surface area (Å²) < 4.78 is 0.